The average molecular weight is 329 g/mol. The fraction of sp³-hybridized carbons (Fsp3) is 0.273. The molecule has 4 N–H and O–H groups in total. The highest BCUT2D eigenvalue weighted by Gasteiger charge is 2.19. The summed E-state index contributed by atoms with van der Waals surface area (Å²) in [5.74, 6) is 0.974. The highest BCUT2D eigenvalue weighted by Crippen LogP contribution is 2.20. The van der Waals surface area contributed by atoms with Crippen LogP contribution in [0.2, 0.25) is 5.15 Å². The van der Waals surface area contributed by atoms with Gasteiger partial charge in [0.25, 0.3) is 0 Å². The summed E-state index contributed by atoms with van der Waals surface area (Å²) in [6.07, 6.45) is 3.57. The minimum atomic E-state index is 0.000000000000000222. The Morgan fingerprint density at radius 2 is 2.30 bits per heavy atom. The molecule has 2 heterocycles. The number of pyridine rings is 1. The normalized spacial score (nSPS) is 15.4. The molecule has 0 atom stereocenters. The number of halogens is 1. The van der Waals surface area contributed by atoms with Crippen molar-refractivity contribution < 1.29 is 0 Å². The summed E-state index contributed by atoms with van der Waals surface area (Å²) in [5.41, 5.74) is 10.3. The molecule has 0 amide bonds. The van der Waals surface area contributed by atoms with Gasteiger partial charge in [-0.15, -0.1) is 4.99 Å². The van der Waals surface area contributed by atoms with E-state index in [1.165, 1.54) is 0 Å². The molecule has 0 aliphatic carbocycles. The lowest BCUT2D eigenvalue weighted by Crippen LogP contribution is -2.23. The van der Waals surface area contributed by atoms with Crippen molar-refractivity contribution in [2.24, 2.45) is 16.5 Å². The Kier molecular flexibility index (Phi) is 7.08. The van der Waals surface area contributed by atoms with Gasteiger partial charge in [-0.25, -0.2) is 4.98 Å². The molecule has 0 radical (unpaired) electrons. The molecule has 0 aromatic carbocycles. The molecule has 9 heteroatoms. The van der Waals surface area contributed by atoms with Crippen LogP contribution in [0.15, 0.2) is 23.3 Å². The van der Waals surface area contributed by atoms with Crippen LogP contribution in [0.4, 0.5) is 0 Å². The minimum absolute atomic E-state index is 0.000000000000000222. The summed E-state index contributed by atoms with van der Waals surface area (Å²) >= 11 is 11.4. The Morgan fingerprint density at radius 1 is 1.60 bits per heavy atom. The van der Waals surface area contributed by atoms with E-state index in [1.54, 1.807) is 24.0 Å². The number of thiocarbonyl (C=S) groups is 1. The lowest BCUT2D eigenvalue weighted by Gasteiger charge is -2.16. The van der Waals surface area contributed by atoms with Crippen LogP contribution in [0.5, 0.6) is 0 Å². The van der Waals surface area contributed by atoms with E-state index in [0.29, 0.717) is 5.15 Å². The van der Waals surface area contributed by atoms with Crippen molar-refractivity contribution in [3.05, 3.63) is 29.0 Å². The van der Waals surface area contributed by atoms with Crippen LogP contribution in [0, 0.1) is 11.5 Å². The molecule has 1 aromatic heterocycles. The summed E-state index contributed by atoms with van der Waals surface area (Å²) in [6.45, 7) is 1.63. The molecule has 0 spiro atoms. The Labute approximate surface area is 131 Å². The van der Waals surface area contributed by atoms with Gasteiger partial charge in [-0.1, -0.05) is 29.4 Å². The molecule has 2 rings (SSSR count). The van der Waals surface area contributed by atoms with E-state index in [0.717, 1.165) is 29.6 Å². The summed E-state index contributed by atoms with van der Waals surface area (Å²) in [6, 6.07) is 3.70. The maximum absolute atomic E-state index is 8.54. The topological polar surface area (TPSA) is 104 Å². The van der Waals surface area contributed by atoms with E-state index in [9.17, 15) is 0 Å². The first-order valence-electron chi connectivity index (χ1n) is 5.52. The monoisotopic (exact) mass is 328 g/mol. The van der Waals surface area contributed by atoms with Crippen molar-refractivity contribution in [2.75, 3.05) is 12.3 Å². The largest absolute Gasteiger partial charge is 0.377 e. The quantitative estimate of drug-likeness (QED) is 0.479. The Balaban J connectivity index is 0.000000444. The smallest absolute Gasteiger partial charge is 0.208 e. The van der Waals surface area contributed by atoms with Crippen LogP contribution < -0.4 is 11.5 Å². The van der Waals surface area contributed by atoms with Crippen molar-refractivity contribution >= 4 is 45.9 Å². The van der Waals surface area contributed by atoms with Gasteiger partial charge in [-0.05, 0) is 23.8 Å². The number of aliphatic imine (C=N–C) groups is 1. The van der Waals surface area contributed by atoms with Gasteiger partial charge in [0.05, 0.1) is 0 Å². The van der Waals surface area contributed by atoms with Crippen LogP contribution in [0.25, 0.3) is 0 Å². The second-order valence-electron chi connectivity index (χ2n) is 3.66. The zero-order chi connectivity index (χ0) is 15.0. The van der Waals surface area contributed by atoms with Crippen LogP contribution in [-0.2, 0) is 6.54 Å². The maximum Gasteiger partial charge on any atom is 0.208 e. The van der Waals surface area contributed by atoms with Crippen LogP contribution in [0.1, 0.15) is 5.56 Å². The zero-order valence-electron chi connectivity index (χ0n) is 10.5. The third-order valence-corrected chi connectivity index (χ3v) is 3.39. The molecule has 0 saturated carbocycles. The number of rotatable bonds is 2. The van der Waals surface area contributed by atoms with Crippen molar-refractivity contribution in [2.45, 2.75) is 6.54 Å². The second-order valence-corrected chi connectivity index (χ2v) is 5.58. The molecular formula is C11H13ClN6S2. The molecule has 1 fully saturated rings. The number of nitrogens with two attached hydrogens (primary N) is 2. The fourth-order valence-corrected chi connectivity index (χ4v) is 2.50. The third kappa shape index (κ3) is 6.06. The van der Waals surface area contributed by atoms with Gasteiger partial charge in [-0.3, -0.25) is 0 Å². The number of amidine groups is 1. The van der Waals surface area contributed by atoms with Crippen LogP contribution in [0.3, 0.4) is 0 Å². The number of thioether (sulfide) groups is 1. The number of hydrogen-bond donors (Lipinski definition) is 2. The fourth-order valence-electron chi connectivity index (χ4n) is 1.45. The molecule has 1 aliphatic rings. The van der Waals surface area contributed by atoms with Gasteiger partial charge in [0, 0.05) is 25.0 Å². The zero-order valence-corrected chi connectivity index (χ0v) is 12.9. The van der Waals surface area contributed by atoms with Gasteiger partial charge < -0.3 is 16.4 Å². The van der Waals surface area contributed by atoms with Gasteiger partial charge >= 0.3 is 0 Å². The Hall–Kier alpha value is -1.56. The first-order chi connectivity index (χ1) is 9.52. The summed E-state index contributed by atoms with van der Waals surface area (Å²) < 4.78 is 0. The Morgan fingerprint density at radius 3 is 2.85 bits per heavy atom. The number of hydrogen-bond acceptors (Lipinski definition) is 5. The van der Waals surface area contributed by atoms with Gasteiger partial charge in [-0.2, -0.15) is 5.26 Å². The standard InChI is InChI=1S/C10H9ClN4S.CH4N2S/c11-9-2-1-8(5-13-9)6-15-3-4-16-10(15)14-7-12;2-1(3)4/h1-2,5H,3-4,6H2;(H4,2,3,4). The van der Waals surface area contributed by atoms with Crippen molar-refractivity contribution in [1.82, 2.24) is 9.88 Å². The van der Waals surface area contributed by atoms with E-state index >= 15 is 0 Å². The van der Waals surface area contributed by atoms with Crippen molar-refractivity contribution in [1.29, 1.82) is 5.26 Å². The lowest BCUT2D eigenvalue weighted by molar-refractivity contribution is 0.456. The molecular weight excluding hydrogens is 316 g/mol. The molecule has 20 heavy (non-hydrogen) atoms. The van der Waals surface area contributed by atoms with E-state index < -0.39 is 0 Å². The van der Waals surface area contributed by atoms with E-state index in [4.69, 9.17) is 16.9 Å². The lowest BCUT2D eigenvalue weighted by atomic mass is 10.3. The van der Waals surface area contributed by atoms with E-state index in [-0.39, 0.29) is 5.11 Å². The predicted octanol–water partition coefficient (Wildman–Crippen LogP) is 1.31. The van der Waals surface area contributed by atoms with Crippen LogP contribution in [-0.4, -0.2) is 32.5 Å². The van der Waals surface area contributed by atoms with Crippen LogP contribution >= 0.6 is 35.6 Å². The predicted molar refractivity (Wildman–Crippen MR) is 86.1 cm³/mol. The highest BCUT2D eigenvalue weighted by atomic mass is 35.5. The number of nitrogens with zero attached hydrogens (tertiary/aromatic N) is 4. The average Bonchev–Trinajstić information content (AvgIpc) is 2.80. The van der Waals surface area contributed by atoms with Crippen molar-refractivity contribution in [3.63, 3.8) is 0 Å². The number of aromatic nitrogens is 1. The molecule has 106 valence electrons. The molecule has 0 unspecified atom stereocenters. The van der Waals surface area contributed by atoms with Gasteiger partial charge in [0.2, 0.25) is 6.19 Å². The summed E-state index contributed by atoms with van der Waals surface area (Å²) in [5, 5.41) is 9.82. The van der Waals surface area contributed by atoms with Gasteiger partial charge in [0.15, 0.2) is 10.3 Å². The maximum atomic E-state index is 8.54. The highest BCUT2D eigenvalue weighted by molar-refractivity contribution is 8.14. The molecule has 6 nitrogen and oxygen atoms in total. The molecule has 1 aliphatic heterocycles. The SMILES string of the molecule is N#CN=C1SCCN1Cc1ccc(Cl)nc1.NC(N)=S. The Bertz CT molecular complexity index is 521. The molecule has 0 bridgehead atoms. The third-order valence-electron chi connectivity index (χ3n) is 2.17. The molecule has 1 saturated heterocycles. The van der Waals surface area contributed by atoms with E-state index in [1.807, 2.05) is 12.3 Å². The summed E-state index contributed by atoms with van der Waals surface area (Å²) in [4.78, 5) is 9.87. The summed E-state index contributed by atoms with van der Waals surface area (Å²) in [7, 11) is 0. The number of nitriles is 1. The van der Waals surface area contributed by atoms with E-state index in [2.05, 4.69) is 38.6 Å². The first-order valence-corrected chi connectivity index (χ1v) is 7.30. The van der Waals surface area contributed by atoms with Crippen molar-refractivity contribution in [3.8, 4) is 6.19 Å². The van der Waals surface area contributed by atoms with Gasteiger partial charge in [0.1, 0.15) is 5.15 Å². The first kappa shape index (κ1) is 16.5. The minimum Gasteiger partial charge on any atom is -0.377 e. The second kappa shape index (κ2) is 8.58. The molecule has 1 aromatic rings.